The van der Waals surface area contributed by atoms with Gasteiger partial charge in [-0.3, -0.25) is 0 Å². The van der Waals surface area contributed by atoms with Crippen molar-refractivity contribution in [3.63, 3.8) is 0 Å². The molecule has 0 aromatic rings. The van der Waals surface area contributed by atoms with Crippen LogP contribution in [0, 0.1) is 0 Å². The Morgan fingerprint density at radius 2 is 1.38 bits per heavy atom. The number of imide groups is 1. The zero-order chi connectivity index (χ0) is 12.6. The number of likely N-dealkylation sites (N-methyl/N-ethyl adjacent to an activating group) is 1. The second-order valence-corrected chi connectivity index (χ2v) is 4.12. The molecule has 90 valence electrons. The van der Waals surface area contributed by atoms with Crippen molar-refractivity contribution in [2.45, 2.75) is 31.2 Å². The summed E-state index contributed by atoms with van der Waals surface area (Å²) in [6.45, 7) is 0. The molecule has 7 nitrogen and oxygen atoms in total. The van der Waals surface area contributed by atoms with Gasteiger partial charge in [-0.25, -0.2) is 4.79 Å². The van der Waals surface area contributed by atoms with Gasteiger partial charge >= 0.3 is 18.2 Å². The van der Waals surface area contributed by atoms with Crippen molar-refractivity contribution in [1.29, 1.82) is 0 Å². The lowest BCUT2D eigenvalue weighted by atomic mass is 9.93. The Morgan fingerprint density at radius 3 is 1.62 bits per heavy atom. The molecular formula is C9H14NO6+. The van der Waals surface area contributed by atoms with Crippen molar-refractivity contribution < 1.29 is 34.2 Å². The first-order valence-corrected chi connectivity index (χ1v) is 4.86. The molecule has 1 saturated carbocycles. The van der Waals surface area contributed by atoms with Crippen molar-refractivity contribution in [3.05, 3.63) is 0 Å². The van der Waals surface area contributed by atoms with Gasteiger partial charge in [0.2, 0.25) is 5.54 Å². The molecule has 1 rings (SSSR count). The van der Waals surface area contributed by atoms with E-state index in [2.05, 4.69) is 0 Å². The minimum absolute atomic E-state index is 0.0669. The van der Waals surface area contributed by atoms with Crippen molar-refractivity contribution in [2.24, 2.45) is 0 Å². The summed E-state index contributed by atoms with van der Waals surface area (Å²) in [7, 11) is 0.921. The molecule has 1 fully saturated rings. The molecular weight excluding hydrogens is 218 g/mol. The Kier molecular flexibility index (Phi) is 2.91. The summed E-state index contributed by atoms with van der Waals surface area (Å²) in [6, 6.07) is 0. The SMILES string of the molecule is C[N+](C(=O)O)(C(=O)O)C1(C(=O)O)CCCC1. The van der Waals surface area contributed by atoms with E-state index in [0.717, 1.165) is 7.05 Å². The van der Waals surface area contributed by atoms with E-state index in [-0.39, 0.29) is 12.8 Å². The van der Waals surface area contributed by atoms with Crippen molar-refractivity contribution >= 4 is 18.2 Å². The molecule has 0 bridgehead atoms. The van der Waals surface area contributed by atoms with Gasteiger partial charge in [-0.05, 0) is 12.8 Å². The fraction of sp³-hybridized carbons (Fsp3) is 0.667. The lowest BCUT2D eigenvalue weighted by molar-refractivity contribution is -0.810. The Morgan fingerprint density at radius 1 is 1.00 bits per heavy atom. The van der Waals surface area contributed by atoms with E-state index in [1.165, 1.54) is 0 Å². The van der Waals surface area contributed by atoms with Crippen LogP contribution in [-0.4, -0.2) is 50.5 Å². The Balaban J connectivity index is 3.34. The molecule has 0 saturated heterocycles. The quantitative estimate of drug-likeness (QED) is 0.616. The molecule has 16 heavy (non-hydrogen) atoms. The minimum atomic E-state index is -1.75. The topological polar surface area (TPSA) is 112 Å². The van der Waals surface area contributed by atoms with Gasteiger partial charge in [-0.1, -0.05) is 0 Å². The molecule has 0 atom stereocenters. The number of carboxylic acid groups (broad SMARTS) is 3. The third kappa shape index (κ3) is 1.35. The number of aliphatic carboxylic acids is 1. The monoisotopic (exact) mass is 232 g/mol. The van der Waals surface area contributed by atoms with Crippen LogP contribution in [-0.2, 0) is 4.79 Å². The highest BCUT2D eigenvalue weighted by atomic mass is 16.5. The van der Waals surface area contributed by atoms with E-state index in [9.17, 15) is 14.4 Å². The second-order valence-electron chi connectivity index (χ2n) is 4.12. The number of carbonyl (C=O) groups is 3. The van der Waals surface area contributed by atoms with E-state index in [1.807, 2.05) is 0 Å². The third-order valence-corrected chi connectivity index (χ3v) is 3.45. The zero-order valence-corrected chi connectivity index (χ0v) is 8.84. The number of rotatable bonds is 2. The maximum atomic E-state index is 11.2. The predicted octanol–water partition coefficient (Wildman–Crippen LogP) is 1.19. The molecule has 1 aliphatic rings. The van der Waals surface area contributed by atoms with Crippen molar-refractivity contribution in [1.82, 2.24) is 0 Å². The number of hydrogen-bond donors (Lipinski definition) is 3. The van der Waals surface area contributed by atoms with E-state index >= 15 is 0 Å². The standard InChI is InChI=1S/C9H13NO6/c1-10(7(13)14,8(15)16)9(6(11)12)4-2-3-5-9/h2-5H2,1H3,(H2-,11,12,13,14,15,16)/p+1. The molecule has 0 unspecified atom stereocenters. The van der Waals surface area contributed by atoms with Crippen LogP contribution in [0.2, 0.25) is 0 Å². The van der Waals surface area contributed by atoms with Gasteiger partial charge in [0.1, 0.15) is 0 Å². The van der Waals surface area contributed by atoms with Crippen LogP contribution in [0.1, 0.15) is 25.7 Å². The minimum Gasteiger partial charge on any atom is -0.477 e. The van der Waals surface area contributed by atoms with Crippen LogP contribution in [0.15, 0.2) is 0 Å². The molecule has 2 amide bonds. The Hall–Kier alpha value is -1.63. The van der Waals surface area contributed by atoms with Crippen LogP contribution in [0.25, 0.3) is 0 Å². The van der Waals surface area contributed by atoms with E-state index < -0.39 is 28.2 Å². The van der Waals surface area contributed by atoms with Crippen LogP contribution in [0.3, 0.4) is 0 Å². The number of quaternary nitrogens is 1. The highest BCUT2D eigenvalue weighted by molar-refractivity contribution is 5.85. The van der Waals surface area contributed by atoms with Gasteiger partial charge in [-0.2, -0.15) is 9.59 Å². The molecule has 0 aromatic carbocycles. The maximum Gasteiger partial charge on any atom is 0.524 e. The van der Waals surface area contributed by atoms with E-state index in [1.54, 1.807) is 0 Å². The molecule has 3 N–H and O–H groups in total. The summed E-state index contributed by atoms with van der Waals surface area (Å²) in [5, 5.41) is 27.2. The zero-order valence-electron chi connectivity index (χ0n) is 8.84. The molecule has 0 aliphatic heterocycles. The second kappa shape index (κ2) is 3.75. The van der Waals surface area contributed by atoms with Gasteiger partial charge in [0.15, 0.2) is 0 Å². The first-order valence-electron chi connectivity index (χ1n) is 4.86. The molecule has 0 radical (unpaired) electrons. The average Bonchev–Trinajstić information content (AvgIpc) is 2.65. The molecule has 0 spiro atoms. The maximum absolute atomic E-state index is 11.2. The van der Waals surface area contributed by atoms with Crippen molar-refractivity contribution in [2.75, 3.05) is 7.05 Å². The summed E-state index contributed by atoms with van der Waals surface area (Å²) in [4.78, 5) is 33.4. The number of carboxylic acids is 1. The summed E-state index contributed by atoms with van der Waals surface area (Å²) in [5.74, 6) is -1.36. The van der Waals surface area contributed by atoms with Gasteiger partial charge < -0.3 is 15.3 Å². The van der Waals surface area contributed by atoms with Crippen LogP contribution in [0.5, 0.6) is 0 Å². The number of amides is 2. The van der Waals surface area contributed by atoms with Gasteiger partial charge in [0.25, 0.3) is 0 Å². The van der Waals surface area contributed by atoms with Crippen LogP contribution in [0.4, 0.5) is 9.59 Å². The van der Waals surface area contributed by atoms with Crippen LogP contribution >= 0.6 is 0 Å². The summed E-state index contributed by atoms with van der Waals surface area (Å²) in [5.41, 5.74) is -1.75. The third-order valence-electron chi connectivity index (χ3n) is 3.45. The molecule has 0 heterocycles. The molecule has 1 aliphatic carbocycles. The number of hydrogen-bond acceptors (Lipinski definition) is 3. The summed E-state index contributed by atoms with van der Waals surface area (Å²) >= 11 is 0. The van der Waals surface area contributed by atoms with E-state index in [4.69, 9.17) is 15.3 Å². The van der Waals surface area contributed by atoms with Gasteiger partial charge in [-0.15, -0.1) is 4.48 Å². The first-order chi connectivity index (χ1) is 7.29. The predicted molar refractivity (Wildman–Crippen MR) is 51.1 cm³/mol. The van der Waals surface area contributed by atoms with Gasteiger partial charge in [0, 0.05) is 12.8 Å². The lowest BCUT2D eigenvalue weighted by Crippen LogP contribution is -2.69. The first kappa shape index (κ1) is 12.4. The smallest absolute Gasteiger partial charge is 0.477 e. The van der Waals surface area contributed by atoms with Gasteiger partial charge in [0.05, 0.1) is 7.05 Å². The highest BCUT2D eigenvalue weighted by Gasteiger charge is 2.65. The fourth-order valence-electron chi connectivity index (χ4n) is 2.26. The Labute approximate surface area is 91.5 Å². The largest absolute Gasteiger partial charge is 0.524 e. The lowest BCUT2D eigenvalue weighted by Gasteiger charge is -2.36. The normalized spacial score (nSPS) is 19.3. The van der Waals surface area contributed by atoms with E-state index in [0.29, 0.717) is 12.8 Å². The van der Waals surface area contributed by atoms with Crippen LogP contribution < -0.4 is 0 Å². The molecule has 0 aromatic heterocycles. The number of nitrogens with zero attached hydrogens (tertiary/aromatic N) is 1. The summed E-state index contributed by atoms with van der Waals surface area (Å²) < 4.78 is -1.51. The molecule has 7 heteroatoms. The average molecular weight is 232 g/mol. The van der Waals surface area contributed by atoms with Crippen molar-refractivity contribution in [3.8, 4) is 0 Å². The Bertz CT molecular complexity index is 330. The fourth-order valence-corrected chi connectivity index (χ4v) is 2.26. The summed E-state index contributed by atoms with van der Waals surface area (Å²) in [6.07, 6.45) is -2.12. The highest BCUT2D eigenvalue weighted by Crippen LogP contribution is 2.40.